The molecule has 0 bridgehead atoms. The number of carbonyl (C=O) groups excluding carboxylic acids is 1. The van der Waals surface area contributed by atoms with Crippen molar-refractivity contribution in [2.75, 3.05) is 0 Å². The van der Waals surface area contributed by atoms with Crippen molar-refractivity contribution < 1.29 is 9.63 Å². The monoisotopic (exact) mass is 299 g/mol. The maximum absolute atomic E-state index is 12.0. The molecule has 0 N–H and O–H groups in total. The van der Waals surface area contributed by atoms with Gasteiger partial charge in [0.25, 0.3) is 0 Å². The smallest absolute Gasteiger partial charge is 0.333 e. The fourth-order valence-corrected chi connectivity index (χ4v) is 2.72. The van der Waals surface area contributed by atoms with Crippen LogP contribution in [-0.2, 0) is 4.79 Å². The van der Waals surface area contributed by atoms with E-state index in [1.54, 1.807) is 18.3 Å². The lowest BCUT2D eigenvalue weighted by atomic mass is 10.1. The van der Waals surface area contributed by atoms with Crippen LogP contribution < -0.4 is 4.84 Å². The molecule has 2 aromatic rings. The van der Waals surface area contributed by atoms with E-state index in [4.69, 9.17) is 17.1 Å². The van der Waals surface area contributed by atoms with Gasteiger partial charge in [0.1, 0.15) is 4.64 Å². The summed E-state index contributed by atoms with van der Waals surface area (Å²) in [5, 5.41) is 0. The molecule has 108 valence electrons. The summed E-state index contributed by atoms with van der Waals surface area (Å²) < 4.78 is 1.85. The summed E-state index contributed by atoms with van der Waals surface area (Å²) in [6.07, 6.45) is 3.15. The van der Waals surface area contributed by atoms with Gasteiger partial charge in [-0.2, -0.15) is 4.73 Å². The summed E-state index contributed by atoms with van der Waals surface area (Å²) in [5.41, 5.74) is 2.57. The number of nitrogens with zero attached hydrogens (tertiary/aromatic N) is 1. The Kier molecular flexibility index (Phi) is 3.88. The van der Waals surface area contributed by atoms with Crippen molar-refractivity contribution in [3.63, 3.8) is 0 Å². The predicted octanol–water partition coefficient (Wildman–Crippen LogP) is 3.68. The van der Waals surface area contributed by atoms with Gasteiger partial charge in [0.05, 0.1) is 6.42 Å². The highest BCUT2D eigenvalue weighted by molar-refractivity contribution is 7.71. The second kappa shape index (κ2) is 5.82. The molecule has 1 fully saturated rings. The normalized spacial score (nSPS) is 20.0. The molecule has 1 aromatic heterocycles. The van der Waals surface area contributed by atoms with Crippen molar-refractivity contribution >= 4 is 18.2 Å². The zero-order valence-corrected chi connectivity index (χ0v) is 12.7. The number of hydrogen-bond acceptors (Lipinski definition) is 3. The van der Waals surface area contributed by atoms with Crippen LogP contribution in [0, 0.1) is 17.5 Å². The second-order valence-corrected chi connectivity index (χ2v) is 5.96. The summed E-state index contributed by atoms with van der Waals surface area (Å²) in [7, 11) is 0. The van der Waals surface area contributed by atoms with Gasteiger partial charge in [0.15, 0.2) is 0 Å². The number of pyridine rings is 1. The van der Waals surface area contributed by atoms with Crippen LogP contribution in [-0.4, -0.2) is 10.7 Å². The van der Waals surface area contributed by atoms with Crippen molar-refractivity contribution in [3.8, 4) is 0 Å². The SMILES string of the molecule is Cc1ccc([C@H]2C[C@@H]2CC(=O)On2ccccc2=S)cc1. The van der Waals surface area contributed by atoms with E-state index < -0.39 is 0 Å². The third-order valence-corrected chi connectivity index (χ3v) is 4.16. The van der Waals surface area contributed by atoms with E-state index in [-0.39, 0.29) is 5.97 Å². The largest absolute Gasteiger partial charge is 0.336 e. The topological polar surface area (TPSA) is 31.2 Å². The molecular formula is C17H17NO2S. The van der Waals surface area contributed by atoms with Gasteiger partial charge in [-0.25, -0.2) is 4.79 Å². The lowest BCUT2D eigenvalue weighted by Gasteiger charge is -2.06. The minimum Gasteiger partial charge on any atom is -0.336 e. The lowest BCUT2D eigenvalue weighted by Crippen LogP contribution is -2.20. The third-order valence-electron chi connectivity index (χ3n) is 3.85. The van der Waals surface area contributed by atoms with E-state index in [0.29, 0.717) is 22.9 Å². The average Bonchev–Trinajstić information content (AvgIpc) is 3.21. The van der Waals surface area contributed by atoms with Crippen LogP contribution in [0.4, 0.5) is 0 Å². The molecule has 0 spiro atoms. The van der Waals surface area contributed by atoms with E-state index in [9.17, 15) is 4.79 Å². The molecule has 1 aliphatic carbocycles. The molecule has 21 heavy (non-hydrogen) atoms. The Balaban J connectivity index is 1.57. The zero-order chi connectivity index (χ0) is 14.8. The predicted molar refractivity (Wildman–Crippen MR) is 83.5 cm³/mol. The molecule has 1 heterocycles. The molecule has 2 atom stereocenters. The number of aryl methyl sites for hydroxylation is 1. The fraction of sp³-hybridized carbons (Fsp3) is 0.294. The van der Waals surface area contributed by atoms with Crippen LogP contribution in [0.15, 0.2) is 48.7 Å². The molecule has 0 aliphatic heterocycles. The van der Waals surface area contributed by atoms with Gasteiger partial charge in [0.2, 0.25) is 0 Å². The maximum Gasteiger partial charge on any atom is 0.333 e. The van der Waals surface area contributed by atoms with Crippen LogP contribution in [0.25, 0.3) is 0 Å². The first-order chi connectivity index (χ1) is 10.1. The molecule has 0 radical (unpaired) electrons. The Bertz CT molecular complexity index is 705. The first kappa shape index (κ1) is 14.0. The molecule has 1 saturated carbocycles. The first-order valence-corrected chi connectivity index (χ1v) is 7.50. The highest BCUT2D eigenvalue weighted by Crippen LogP contribution is 2.49. The Morgan fingerprint density at radius 1 is 1.29 bits per heavy atom. The number of rotatable bonds is 4. The van der Waals surface area contributed by atoms with Crippen molar-refractivity contribution in [2.24, 2.45) is 5.92 Å². The van der Waals surface area contributed by atoms with E-state index in [1.165, 1.54) is 15.9 Å². The fourth-order valence-electron chi connectivity index (χ4n) is 2.54. The molecule has 0 unspecified atom stereocenters. The number of aromatic nitrogens is 1. The van der Waals surface area contributed by atoms with Crippen LogP contribution in [0.3, 0.4) is 0 Å². The van der Waals surface area contributed by atoms with Crippen LogP contribution in [0.5, 0.6) is 0 Å². The average molecular weight is 299 g/mol. The Morgan fingerprint density at radius 2 is 2.05 bits per heavy atom. The summed E-state index contributed by atoms with van der Waals surface area (Å²) in [6.45, 7) is 2.08. The van der Waals surface area contributed by atoms with Gasteiger partial charge < -0.3 is 4.84 Å². The molecule has 0 amide bonds. The molecular weight excluding hydrogens is 282 g/mol. The van der Waals surface area contributed by atoms with Gasteiger partial charge in [0, 0.05) is 6.20 Å². The van der Waals surface area contributed by atoms with Gasteiger partial charge in [-0.05, 0) is 42.9 Å². The summed E-state index contributed by atoms with van der Waals surface area (Å²) >= 11 is 5.10. The Morgan fingerprint density at radius 3 is 2.76 bits per heavy atom. The lowest BCUT2D eigenvalue weighted by molar-refractivity contribution is -0.144. The van der Waals surface area contributed by atoms with E-state index in [0.717, 1.165) is 6.42 Å². The molecule has 3 rings (SSSR count). The second-order valence-electron chi connectivity index (χ2n) is 5.55. The van der Waals surface area contributed by atoms with Gasteiger partial charge in [-0.3, -0.25) is 0 Å². The summed E-state index contributed by atoms with van der Waals surface area (Å²) in [4.78, 5) is 17.2. The van der Waals surface area contributed by atoms with Gasteiger partial charge >= 0.3 is 5.97 Å². The highest BCUT2D eigenvalue weighted by atomic mass is 32.1. The standard InChI is InChI=1S/C17H17NO2S/c1-12-5-7-13(8-6-12)15-10-14(15)11-17(19)20-18-9-3-2-4-16(18)21/h2-9,14-15H,10-11H2,1H3/t14-,15-/m1/s1. The molecule has 4 heteroatoms. The van der Waals surface area contributed by atoms with Crippen molar-refractivity contribution in [2.45, 2.75) is 25.7 Å². The maximum atomic E-state index is 12.0. The van der Waals surface area contributed by atoms with E-state index >= 15 is 0 Å². The third kappa shape index (κ3) is 3.39. The molecule has 3 nitrogen and oxygen atoms in total. The minimum atomic E-state index is -0.225. The Hall–Kier alpha value is -1.94. The molecule has 1 aliphatic rings. The highest BCUT2D eigenvalue weighted by Gasteiger charge is 2.40. The molecule has 0 saturated heterocycles. The van der Waals surface area contributed by atoms with E-state index in [1.807, 2.05) is 6.07 Å². The molecule has 1 aromatic carbocycles. The Labute approximate surface area is 129 Å². The van der Waals surface area contributed by atoms with Gasteiger partial charge in [-0.1, -0.05) is 48.1 Å². The number of hydrogen-bond donors (Lipinski definition) is 0. The van der Waals surface area contributed by atoms with Crippen molar-refractivity contribution in [1.82, 2.24) is 4.73 Å². The first-order valence-electron chi connectivity index (χ1n) is 7.09. The van der Waals surface area contributed by atoms with Crippen LogP contribution in [0.2, 0.25) is 0 Å². The van der Waals surface area contributed by atoms with Crippen molar-refractivity contribution in [3.05, 3.63) is 64.4 Å². The van der Waals surface area contributed by atoms with Gasteiger partial charge in [-0.15, -0.1) is 0 Å². The van der Waals surface area contributed by atoms with Crippen LogP contribution >= 0.6 is 12.2 Å². The quantitative estimate of drug-likeness (QED) is 0.807. The minimum absolute atomic E-state index is 0.225. The van der Waals surface area contributed by atoms with E-state index in [2.05, 4.69) is 31.2 Å². The summed E-state index contributed by atoms with van der Waals surface area (Å²) in [5.74, 6) is 0.650. The number of benzene rings is 1. The number of carbonyl (C=O) groups is 1. The summed E-state index contributed by atoms with van der Waals surface area (Å²) in [6, 6.07) is 13.9. The van der Waals surface area contributed by atoms with Crippen molar-refractivity contribution in [1.29, 1.82) is 0 Å². The van der Waals surface area contributed by atoms with Crippen LogP contribution in [0.1, 0.15) is 29.9 Å². The zero-order valence-electron chi connectivity index (χ0n) is 11.9.